The van der Waals surface area contributed by atoms with Gasteiger partial charge in [-0.05, 0) is 24.0 Å². The van der Waals surface area contributed by atoms with Crippen LogP contribution in [-0.4, -0.2) is 47.3 Å². The quantitative estimate of drug-likeness (QED) is 0.672. The zero-order chi connectivity index (χ0) is 20.0. The Bertz CT molecular complexity index is 718. The molecule has 26 heavy (non-hydrogen) atoms. The van der Waals surface area contributed by atoms with Gasteiger partial charge in [0, 0.05) is 0 Å². The van der Waals surface area contributed by atoms with Gasteiger partial charge in [-0.25, -0.2) is 19.2 Å². The second-order valence-electron chi connectivity index (χ2n) is 6.51. The van der Waals surface area contributed by atoms with Gasteiger partial charge in [0.1, 0.15) is 0 Å². The van der Waals surface area contributed by atoms with E-state index in [0.29, 0.717) is 0 Å². The van der Waals surface area contributed by atoms with Crippen molar-refractivity contribution in [2.45, 2.75) is 27.7 Å². The van der Waals surface area contributed by atoms with E-state index in [1.807, 2.05) is 0 Å². The molecule has 0 heterocycles. The Morgan fingerprint density at radius 1 is 0.769 bits per heavy atom. The zero-order valence-corrected chi connectivity index (χ0v) is 15.1. The van der Waals surface area contributed by atoms with E-state index in [4.69, 9.17) is 9.47 Å². The summed E-state index contributed by atoms with van der Waals surface area (Å²) in [5.41, 5.74) is -2.38. The SMILES string of the molecule is CC(C)COC(=O)c1ccc(C(=O)O)c(C(=O)O)c1C(=O)OCC(C)C. The molecule has 0 atom stereocenters. The first-order valence-corrected chi connectivity index (χ1v) is 8.04. The molecule has 0 unspecified atom stereocenters. The van der Waals surface area contributed by atoms with Crippen molar-refractivity contribution in [2.75, 3.05) is 13.2 Å². The molecular weight excluding hydrogens is 344 g/mol. The number of hydrogen-bond acceptors (Lipinski definition) is 6. The highest BCUT2D eigenvalue weighted by atomic mass is 16.5. The van der Waals surface area contributed by atoms with Crippen molar-refractivity contribution in [3.8, 4) is 0 Å². The monoisotopic (exact) mass is 366 g/mol. The van der Waals surface area contributed by atoms with E-state index in [1.165, 1.54) is 0 Å². The molecule has 1 aromatic rings. The summed E-state index contributed by atoms with van der Waals surface area (Å²) in [5, 5.41) is 18.6. The Morgan fingerprint density at radius 3 is 1.65 bits per heavy atom. The van der Waals surface area contributed by atoms with E-state index in [9.17, 15) is 29.4 Å². The van der Waals surface area contributed by atoms with Crippen LogP contribution in [0.3, 0.4) is 0 Å². The molecule has 8 nitrogen and oxygen atoms in total. The van der Waals surface area contributed by atoms with Crippen LogP contribution in [0.5, 0.6) is 0 Å². The van der Waals surface area contributed by atoms with Gasteiger partial charge in [-0.2, -0.15) is 0 Å². The summed E-state index contributed by atoms with van der Waals surface area (Å²) in [7, 11) is 0. The van der Waals surface area contributed by atoms with Crippen LogP contribution in [0.4, 0.5) is 0 Å². The Labute approximate surface area is 150 Å². The molecule has 0 aliphatic rings. The maximum absolute atomic E-state index is 12.4. The summed E-state index contributed by atoms with van der Waals surface area (Å²) >= 11 is 0. The van der Waals surface area contributed by atoms with E-state index >= 15 is 0 Å². The fourth-order valence-corrected chi connectivity index (χ4v) is 2.02. The van der Waals surface area contributed by atoms with Crippen LogP contribution in [0.15, 0.2) is 12.1 Å². The molecule has 0 fully saturated rings. The van der Waals surface area contributed by atoms with Gasteiger partial charge in [0.15, 0.2) is 0 Å². The molecule has 0 aliphatic carbocycles. The lowest BCUT2D eigenvalue weighted by Crippen LogP contribution is -2.23. The van der Waals surface area contributed by atoms with Gasteiger partial charge in [-0.3, -0.25) is 0 Å². The molecular formula is C18H22O8. The number of hydrogen-bond donors (Lipinski definition) is 2. The fraction of sp³-hybridized carbons (Fsp3) is 0.444. The molecule has 1 rings (SSSR count). The molecule has 2 N–H and O–H groups in total. The van der Waals surface area contributed by atoms with Crippen LogP contribution < -0.4 is 0 Å². The van der Waals surface area contributed by atoms with Crippen LogP contribution >= 0.6 is 0 Å². The number of rotatable bonds is 8. The first-order valence-electron chi connectivity index (χ1n) is 8.04. The lowest BCUT2D eigenvalue weighted by atomic mass is 9.95. The van der Waals surface area contributed by atoms with Crippen molar-refractivity contribution in [2.24, 2.45) is 11.8 Å². The Morgan fingerprint density at radius 2 is 1.23 bits per heavy atom. The third-order valence-electron chi connectivity index (χ3n) is 3.17. The number of carboxylic acid groups (broad SMARTS) is 2. The van der Waals surface area contributed by atoms with Gasteiger partial charge < -0.3 is 19.7 Å². The molecule has 0 aliphatic heterocycles. The molecule has 8 heteroatoms. The van der Waals surface area contributed by atoms with Crippen LogP contribution in [0, 0.1) is 11.8 Å². The smallest absolute Gasteiger partial charge is 0.339 e. The Balaban J connectivity index is 3.51. The van der Waals surface area contributed by atoms with Crippen molar-refractivity contribution >= 4 is 23.9 Å². The summed E-state index contributed by atoms with van der Waals surface area (Å²) in [6, 6.07) is 2.02. The normalized spacial score (nSPS) is 10.7. The summed E-state index contributed by atoms with van der Waals surface area (Å²) in [6.45, 7) is 7.20. The van der Waals surface area contributed by atoms with Gasteiger partial charge >= 0.3 is 23.9 Å². The molecule has 0 aromatic heterocycles. The number of aromatic carboxylic acids is 2. The van der Waals surface area contributed by atoms with Crippen LogP contribution in [0.25, 0.3) is 0 Å². The van der Waals surface area contributed by atoms with E-state index in [1.54, 1.807) is 27.7 Å². The van der Waals surface area contributed by atoms with Crippen LogP contribution in [-0.2, 0) is 9.47 Å². The summed E-state index contributed by atoms with van der Waals surface area (Å²) < 4.78 is 10.1. The standard InChI is InChI=1S/C18H22O8/c1-9(2)7-25-17(23)12-6-5-11(15(19)20)13(16(21)22)14(12)18(24)26-8-10(3)4/h5-6,9-10H,7-8H2,1-4H3,(H,19,20)(H,21,22). The topological polar surface area (TPSA) is 127 Å². The molecule has 1 aromatic carbocycles. The van der Waals surface area contributed by atoms with Crippen LogP contribution in [0.2, 0.25) is 0 Å². The minimum Gasteiger partial charge on any atom is -0.478 e. The lowest BCUT2D eigenvalue weighted by molar-refractivity contribution is 0.0407. The average Bonchev–Trinajstić information content (AvgIpc) is 2.55. The summed E-state index contributed by atoms with van der Waals surface area (Å²) in [4.78, 5) is 47.7. The first-order chi connectivity index (χ1) is 12.1. The largest absolute Gasteiger partial charge is 0.478 e. The molecule has 142 valence electrons. The Hall–Kier alpha value is -2.90. The number of carbonyl (C=O) groups excluding carboxylic acids is 2. The van der Waals surface area contributed by atoms with Crippen molar-refractivity contribution in [1.82, 2.24) is 0 Å². The fourth-order valence-electron chi connectivity index (χ4n) is 2.02. The van der Waals surface area contributed by atoms with Gasteiger partial charge in [0.25, 0.3) is 0 Å². The predicted molar refractivity (Wildman–Crippen MR) is 90.6 cm³/mol. The maximum Gasteiger partial charge on any atom is 0.339 e. The molecule has 0 bridgehead atoms. The van der Waals surface area contributed by atoms with Crippen molar-refractivity contribution in [1.29, 1.82) is 0 Å². The second kappa shape index (κ2) is 8.98. The van der Waals surface area contributed by atoms with Crippen molar-refractivity contribution in [3.05, 3.63) is 34.4 Å². The third kappa shape index (κ3) is 5.30. The summed E-state index contributed by atoms with van der Waals surface area (Å²) in [6.07, 6.45) is 0. The van der Waals surface area contributed by atoms with Crippen molar-refractivity contribution in [3.63, 3.8) is 0 Å². The summed E-state index contributed by atoms with van der Waals surface area (Å²) in [5.74, 6) is -5.22. The van der Waals surface area contributed by atoms with Gasteiger partial charge in [0.05, 0.1) is 35.5 Å². The highest BCUT2D eigenvalue weighted by Crippen LogP contribution is 2.23. The number of carbonyl (C=O) groups is 4. The number of benzene rings is 1. The number of carboxylic acids is 2. The molecule has 0 spiro atoms. The first kappa shape index (κ1) is 21.1. The van der Waals surface area contributed by atoms with E-state index in [-0.39, 0.29) is 30.6 Å². The number of ether oxygens (including phenoxy) is 2. The third-order valence-corrected chi connectivity index (χ3v) is 3.17. The molecule has 0 radical (unpaired) electrons. The highest BCUT2D eigenvalue weighted by Gasteiger charge is 2.31. The average molecular weight is 366 g/mol. The van der Waals surface area contributed by atoms with Crippen LogP contribution in [0.1, 0.15) is 69.1 Å². The van der Waals surface area contributed by atoms with E-state index in [2.05, 4.69) is 0 Å². The Kier molecular flexibility index (Phi) is 7.30. The minimum atomic E-state index is -1.66. The number of esters is 2. The lowest BCUT2D eigenvalue weighted by Gasteiger charge is -2.15. The highest BCUT2D eigenvalue weighted by molar-refractivity contribution is 6.14. The van der Waals surface area contributed by atoms with Gasteiger partial charge in [-0.15, -0.1) is 0 Å². The molecule has 0 amide bonds. The van der Waals surface area contributed by atoms with E-state index < -0.39 is 40.6 Å². The molecule has 0 saturated carbocycles. The predicted octanol–water partition coefficient (Wildman–Crippen LogP) is 2.71. The molecule has 0 saturated heterocycles. The van der Waals surface area contributed by atoms with Crippen molar-refractivity contribution < 1.29 is 38.9 Å². The second-order valence-corrected chi connectivity index (χ2v) is 6.51. The minimum absolute atomic E-state index is 0.0182. The van der Waals surface area contributed by atoms with E-state index in [0.717, 1.165) is 12.1 Å². The zero-order valence-electron chi connectivity index (χ0n) is 15.1. The van der Waals surface area contributed by atoms with Gasteiger partial charge in [0.2, 0.25) is 0 Å². The van der Waals surface area contributed by atoms with Gasteiger partial charge in [-0.1, -0.05) is 27.7 Å². The maximum atomic E-state index is 12.4.